The molecule has 4 heteroatoms. The summed E-state index contributed by atoms with van der Waals surface area (Å²) in [7, 11) is 0. The molecule has 2 saturated heterocycles. The lowest BCUT2D eigenvalue weighted by Crippen LogP contribution is -2.54. The van der Waals surface area contributed by atoms with Crippen LogP contribution in [0.5, 0.6) is 0 Å². The van der Waals surface area contributed by atoms with Crippen molar-refractivity contribution in [2.24, 2.45) is 5.92 Å². The van der Waals surface area contributed by atoms with E-state index < -0.39 is 0 Å². The molecule has 3 N–H and O–H groups in total. The summed E-state index contributed by atoms with van der Waals surface area (Å²) >= 11 is 0. The Hall–Kier alpha value is -1.71. The number of aryl methyl sites for hydroxylation is 1. The second-order valence-corrected chi connectivity index (χ2v) is 5.77. The van der Waals surface area contributed by atoms with Gasteiger partial charge >= 0.3 is 0 Å². The minimum Gasteiger partial charge on any atom is -0.397 e. The lowest BCUT2D eigenvalue weighted by atomic mass is 9.85. The first-order valence-electron chi connectivity index (χ1n) is 7.04. The van der Waals surface area contributed by atoms with Crippen molar-refractivity contribution in [3.8, 4) is 0 Å². The standard InChI is InChI=1S/C15H21N3O/c1-10-2-4-12(16)14(8-10)18-7-6-13-11(9-18)3-5-15(19)17-13/h2,4,8,11,13H,3,5-7,9,16H2,1H3,(H,17,19). The van der Waals surface area contributed by atoms with Crippen LogP contribution in [0, 0.1) is 12.8 Å². The van der Waals surface area contributed by atoms with Gasteiger partial charge in [0.15, 0.2) is 0 Å². The molecule has 2 fully saturated rings. The Morgan fingerprint density at radius 3 is 3.05 bits per heavy atom. The Morgan fingerprint density at radius 1 is 1.37 bits per heavy atom. The predicted molar refractivity (Wildman–Crippen MR) is 77.1 cm³/mol. The van der Waals surface area contributed by atoms with Crippen molar-refractivity contribution in [3.63, 3.8) is 0 Å². The SMILES string of the molecule is Cc1ccc(N)c(N2CCC3NC(=O)CCC3C2)c1. The molecule has 0 spiro atoms. The van der Waals surface area contributed by atoms with Gasteiger partial charge in [0.05, 0.1) is 11.4 Å². The molecule has 0 saturated carbocycles. The van der Waals surface area contributed by atoms with Crippen molar-refractivity contribution in [3.05, 3.63) is 23.8 Å². The molecule has 4 nitrogen and oxygen atoms in total. The number of hydrogen-bond acceptors (Lipinski definition) is 3. The molecule has 19 heavy (non-hydrogen) atoms. The van der Waals surface area contributed by atoms with Gasteiger partial charge in [-0.15, -0.1) is 0 Å². The zero-order valence-electron chi connectivity index (χ0n) is 11.4. The molecule has 2 aliphatic rings. The fraction of sp³-hybridized carbons (Fsp3) is 0.533. The summed E-state index contributed by atoms with van der Waals surface area (Å²) in [5, 5.41) is 3.12. The third kappa shape index (κ3) is 2.39. The summed E-state index contributed by atoms with van der Waals surface area (Å²) in [5.41, 5.74) is 9.34. The van der Waals surface area contributed by atoms with Crippen molar-refractivity contribution < 1.29 is 4.79 Å². The van der Waals surface area contributed by atoms with E-state index in [9.17, 15) is 4.79 Å². The van der Waals surface area contributed by atoms with E-state index in [1.165, 1.54) is 5.56 Å². The van der Waals surface area contributed by atoms with Gasteiger partial charge in [-0.05, 0) is 43.4 Å². The Labute approximate surface area is 114 Å². The van der Waals surface area contributed by atoms with E-state index in [1.807, 2.05) is 12.1 Å². The van der Waals surface area contributed by atoms with Gasteiger partial charge in [-0.1, -0.05) is 6.07 Å². The maximum absolute atomic E-state index is 11.4. The van der Waals surface area contributed by atoms with Crippen molar-refractivity contribution in [1.82, 2.24) is 5.32 Å². The van der Waals surface area contributed by atoms with Gasteiger partial charge in [0, 0.05) is 25.6 Å². The number of hydrogen-bond donors (Lipinski definition) is 2. The van der Waals surface area contributed by atoms with E-state index in [4.69, 9.17) is 5.73 Å². The molecule has 1 amide bonds. The number of carbonyl (C=O) groups excluding carboxylic acids is 1. The molecule has 1 aromatic rings. The van der Waals surface area contributed by atoms with Crippen molar-refractivity contribution in [2.75, 3.05) is 23.7 Å². The van der Waals surface area contributed by atoms with E-state index in [0.717, 1.165) is 37.3 Å². The minimum atomic E-state index is 0.213. The van der Waals surface area contributed by atoms with Crippen molar-refractivity contribution >= 4 is 17.3 Å². The van der Waals surface area contributed by atoms with E-state index in [2.05, 4.69) is 23.2 Å². The number of benzene rings is 1. The molecule has 3 rings (SSSR count). The fourth-order valence-electron chi connectivity index (χ4n) is 3.26. The molecule has 2 atom stereocenters. The first-order chi connectivity index (χ1) is 9.13. The molecular formula is C15H21N3O. The predicted octanol–water partition coefficient (Wildman–Crippen LogP) is 1.68. The number of nitrogens with zero attached hydrogens (tertiary/aromatic N) is 1. The summed E-state index contributed by atoms with van der Waals surface area (Å²) < 4.78 is 0. The average Bonchev–Trinajstić information content (AvgIpc) is 2.41. The van der Waals surface area contributed by atoms with E-state index in [0.29, 0.717) is 18.4 Å². The molecule has 2 heterocycles. The number of nitrogen functional groups attached to an aromatic ring is 1. The summed E-state index contributed by atoms with van der Waals surface area (Å²) in [6, 6.07) is 6.56. The lowest BCUT2D eigenvalue weighted by Gasteiger charge is -2.42. The molecule has 2 aliphatic heterocycles. The van der Waals surface area contributed by atoms with Crippen LogP contribution in [0.1, 0.15) is 24.8 Å². The molecular weight excluding hydrogens is 238 g/mol. The molecule has 1 aromatic carbocycles. The fourth-order valence-corrected chi connectivity index (χ4v) is 3.26. The Kier molecular flexibility index (Phi) is 3.09. The number of nitrogens with one attached hydrogen (secondary N) is 1. The van der Waals surface area contributed by atoms with Crippen LogP contribution in [0.4, 0.5) is 11.4 Å². The third-order valence-corrected chi connectivity index (χ3v) is 4.35. The van der Waals surface area contributed by atoms with Gasteiger partial charge in [-0.3, -0.25) is 4.79 Å². The second-order valence-electron chi connectivity index (χ2n) is 5.77. The van der Waals surface area contributed by atoms with Crippen LogP contribution in [0.2, 0.25) is 0 Å². The molecule has 102 valence electrons. The smallest absolute Gasteiger partial charge is 0.220 e. The quantitative estimate of drug-likeness (QED) is 0.754. The summed E-state index contributed by atoms with van der Waals surface area (Å²) in [4.78, 5) is 13.8. The molecule has 2 unspecified atom stereocenters. The van der Waals surface area contributed by atoms with Gasteiger partial charge in [-0.2, -0.15) is 0 Å². The van der Waals surface area contributed by atoms with Crippen LogP contribution in [0.25, 0.3) is 0 Å². The summed E-state index contributed by atoms with van der Waals surface area (Å²) in [6.45, 7) is 4.06. The Morgan fingerprint density at radius 2 is 2.21 bits per heavy atom. The highest BCUT2D eigenvalue weighted by Crippen LogP contribution is 2.32. The maximum atomic E-state index is 11.4. The first kappa shape index (κ1) is 12.3. The van der Waals surface area contributed by atoms with Crippen LogP contribution < -0.4 is 16.0 Å². The number of piperidine rings is 2. The highest BCUT2D eigenvalue weighted by atomic mass is 16.1. The van der Waals surface area contributed by atoms with Gasteiger partial charge in [0.1, 0.15) is 0 Å². The average molecular weight is 259 g/mol. The molecule has 0 aliphatic carbocycles. The van der Waals surface area contributed by atoms with Gasteiger partial charge < -0.3 is 16.0 Å². The van der Waals surface area contributed by atoms with E-state index >= 15 is 0 Å². The Bertz CT molecular complexity index is 500. The van der Waals surface area contributed by atoms with Crippen LogP contribution in [0.3, 0.4) is 0 Å². The van der Waals surface area contributed by atoms with Crippen molar-refractivity contribution in [1.29, 1.82) is 0 Å². The normalized spacial score (nSPS) is 26.8. The summed E-state index contributed by atoms with van der Waals surface area (Å²) in [5.74, 6) is 0.774. The highest BCUT2D eigenvalue weighted by molar-refractivity contribution is 5.77. The lowest BCUT2D eigenvalue weighted by molar-refractivity contribution is -0.124. The number of fused-ring (bicyclic) bond motifs is 1. The van der Waals surface area contributed by atoms with Gasteiger partial charge in [-0.25, -0.2) is 0 Å². The number of anilines is 2. The third-order valence-electron chi connectivity index (χ3n) is 4.35. The largest absolute Gasteiger partial charge is 0.397 e. The van der Waals surface area contributed by atoms with Crippen molar-refractivity contribution in [2.45, 2.75) is 32.2 Å². The molecule has 0 aromatic heterocycles. The second kappa shape index (κ2) is 4.76. The van der Waals surface area contributed by atoms with Crippen LogP contribution in [0.15, 0.2) is 18.2 Å². The topological polar surface area (TPSA) is 58.4 Å². The van der Waals surface area contributed by atoms with Gasteiger partial charge in [0.25, 0.3) is 0 Å². The number of nitrogens with two attached hydrogens (primary N) is 1. The van der Waals surface area contributed by atoms with E-state index in [1.54, 1.807) is 0 Å². The highest BCUT2D eigenvalue weighted by Gasteiger charge is 2.34. The molecule has 0 radical (unpaired) electrons. The first-order valence-corrected chi connectivity index (χ1v) is 7.04. The van der Waals surface area contributed by atoms with Crippen LogP contribution in [-0.4, -0.2) is 25.0 Å². The number of rotatable bonds is 1. The monoisotopic (exact) mass is 259 g/mol. The zero-order chi connectivity index (χ0) is 13.4. The minimum absolute atomic E-state index is 0.213. The summed E-state index contributed by atoms with van der Waals surface area (Å²) in [6.07, 6.45) is 2.68. The Balaban J connectivity index is 1.77. The zero-order valence-corrected chi connectivity index (χ0v) is 11.4. The number of carbonyl (C=O) groups is 1. The van der Waals surface area contributed by atoms with Crippen LogP contribution in [-0.2, 0) is 4.79 Å². The number of amides is 1. The maximum Gasteiger partial charge on any atom is 0.220 e. The van der Waals surface area contributed by atoms with E-state index in [-0.39, 0.29) is 5.91 Å². The van der Waals surface area contributed by atoms with Crippen LogP contribution >= 0.6 is 0 Å². The molecule has 0 bridgehead atoms. The van der Waals surface area contributed by atoms with Gasteiger partial charge in [0.2, 0.25) is 5.91 Å².